The van der Waals surface area contributed by atoms with Crippen LogP contribution < -0.4 is 5.32 Å². The Kier molecular flexibility index (Phi) is 6.21. The Morgan fingerprint density at radius 3 is 2.31 bits per heavy atom. The smallest absolute Gasteiger partial charge is 0.355 e. The summed E-state index contributed by atoms with van der Waals surface area (Å²) in [6, 6.07) is 12.4. The topological polar surface area (TPSA) is 32.3 Å². The number of carbonyl (C=O) groups is 1. The summed E-state index contributed by atoms with van der Waals surface area (Å²) < 4.78 is 68.9. The van der Waals surface area contributed by atoms with E-state index in [1.54, 1.807) is 17.0 Å². The van der Waals surface area contributed by atoms with Crippen LogP contribution in [0.3, 0.4) is 0 Å². The number of hydrogen-bond donors (Lipinski definition) is 1. The first-order valence-corrected chi connectivity index (χ1v) is 9.27. The van der Waals surface area contributed by atoms with E-state index in [0.717, 1.165) is 17.7 Å². The van der Waals surface area contributed by atoms with Crippen molar-refractivity contribution in [3.05, 3.63) is 71.3 Å². The predicted octanol–water partition coefficient (Wildman–Crippen LogP) is 4.08. The Labute approximate surface area is 165 Å². The van der Waals surface area contributed by atoms with Crippen LogP contribution in [0.2, 0.25) is 0 Å². The summed E-state index contributed by atoms with van der Waals surface area (Å²) in [4.78, 5) is 14.1. The highest BCUT2D eigenvalue weighted by Crippen LogP contribution is 2.46. The number of benzene rings is 2. The molecule has 1 amide bonds. The van der Waals surface area contributed by atoms with E-state index in [0.29, 0.717) is 6.54 Å². The predicted molar refractivity (Wildman–Crippen MR) is 97.9 cm³/mol. The molecule has 2 aromatic rings. The minimum atomic E-state index is -4.73. The number of rotatable bonds is 6. The van der Waals surface area contributed by atoms with Gasteiger partial charge in [-0.25, -0.2) is 8.78 Å². The van der Waals surface area contributed by atoms with Gasteiger partial charge in [0.05, 0.1) is 0 Å². The number of halogens is 5. The lowest BCUT2D eigenvalue weighted by Crippen LogP contribution is -2.52. The normalized spacial score (nSPS) is 20.0. The van der Waals surface area contributed by atoms with Crippen molar-refractivity contribution in [1.82, 2.24) is 10.2 Å². The second-order valence-electron chi connectivity index (χ2n) is 7.23. The molecule has 0 aliphatic carbocycles. The molecule has 0 spiro atoms. The second kappa shape index (κ2) is 8.49. The van der Waals surface area contributed by atoms with Crippen LogP contribution in [0.4, 0.5) is 22.0 Å². The van der Waals surface area contributed by atoms with E-state index in [9.17, 15) is 26.7 Å². The third-order valence-electron chi connectivity index (χ3n) is 5.30. The number of carbonyl (C=O) groups excluding carboxylic acids is 1. The van der Waals surface area contributed by atoms with Crippen molar-refractivity contribution in [3.63, 3.8) is 0 Å². The fourth-order valence-corrected chi connectivity index (χ4v) is 3.65. The fraction of sp³-hybridized carbons (Fsp3) is 0.381. The Morgan fingerprint density at radius 1 is 1.03 bits per heavy atom. The van der Waals surface area contributed by atoms with Crippen molar-refractivity contribution < 1.29 is 26.7 Å². The molecule has 1 heterocycles. The van der Waals surface area contributed by atoms with Gasteiger partial charge >= 0.3 is 6.18 Å². The molecule has 1 saturated heterocycles. The van der Waals surface area contributed by atoms with Gasteiger partial charge in [-0.05, 0) is 37.1 Å². The molecule has 1 unspecified atom stereocenters. The summed E-state index contributed by atoms with van der Waals surface area (Å²) in [7, 11) is 0. The highest BCUT2D eigenvalue weighted by molar-refractivity contribution is 5.84. The minimum Gasteiger partial charge on any atom is -0.355 e. The van der Waals surface area contributed by atoms with Crippen molar-refractivity contribution in [2.24, 2.45) is 5.41 Å². The number of amides is 1. The van der Waals surface area contributed by atoms with E-state index in [4.69, 9.17) is 0 Å². The summed E-state index contributed by atoms with van der Waals surface area (Å²) in [5.41, 5.74) is -1.93. The standard InChI is InChI=1S/C21H21F5N2O/c22-17-7-4-8-18(23)16(17)9-11-27-19(29)20(21(24,25)26)10-12-28(14-20)13-15-5-2-1-3-6-15/h1-8H,9-14H2,(H,27,29). The van der Waals surface area contributed by atoms with Crippen LogP contribution in [0.1, 0.15) is 17.5 Å². The molecule has 2 aromatic carbocycles. The monoisotopic (exact) mass is 412 g/mol. The van der Waals surface area contributed by atoms with Crippen LogP contribution in [0.15, 0.2) is 48.5 Å². The maximum atomic E-state index is 13.8. The van der Waals surface area contributed by atoms with E-state index < -0.39 is 35.7 Å². The maximum Gasteiger partial charge on any atom is 0.404 e. The zero-order valence-corrected chi connectivity index (χ0v) is 15.6. The first-order chi connectivity index (χ1) is 13.7. The van der Waals surface area contributed by atoms with Gasteiger partial charge in [0, 0.05) is 25.2 Å². The highest BCUT2D eigenvalue weighted by atomic mass is 19.4. The molecule has 1 fully saturated rings. The molecule has 8 heteroatoms. The molecule has 0 aromatic heterocycles. The quantitative estimate of drug-likeness (QED) is 0.726. The van der Waals surface area contributed by atoms with Crippen molar-refractivity contribution in [2.75, 3.05) is 19.6 Å². The first-order valence-electron chi connectivity index (χ1n) is 9.27. The molecular formula is C21H21F5N2O. The summed E-state index contributed by atoms with van der Waals surface area (Å²) in [6.07, 6.45) is -5.32. The van der Waals surface area contributed by atoms with E-state index in [1.165, 1.54) is 6.07 Å². The van der Waals surface area contributed by atoms with Crippen LogP contribution >= 0.6 is 0 Å². The Morgan fingerprint density at radius 2 is 1.69 bits per heavy atom. The van der Waals surface area contributed by atoms with Crippen LogP contribution in [0.5, 0.6) is 0 Å². The average molecular weight is 412 g/mol. The van der Waals surface area contributed by atoms with E-state index in [-0.39, 0.29) is 31.5 Å². The molecule has 0 saturated carbocycles. The number of hydrogen-bond acceptors (Lipinski definition) is 2. The summed E-state index contributed by atoms with van der Waals surface area (Å²) in [5, 5.41) is 2.24. The SMILES string of the molecule is O=C(NCCc1c(F)cccc1F)C1(C(F)(F)F)CCN(Cc2ccccc2)C1. The zero-order valence-electron chi connectivity index (χ0n) is 15.6. The lowest BCUT2D eigenvalue weighted by atomic mass is 9.85. The van der Waals surface area contributed by atoms with Crippen LogP contribution in [0, 0.1) is 17.0 Å². The minimum absolute atomic E-state index is 0.129. The molecule has 3 rings (SSSR count). The highest BCUT2D eigenvalue weighted by Gasteiger charge is 2.62. The zero-order chi connectivity index (χ0) is 21.1. The van der Waals surface area contributed by atoms with Crippen molar-refractivity contribution in [1.29, 1.82) is 0 Å². The lowest BCUT2D eigenvalue weighted by molar-refractivity contribution is -0.218. The third kappa shape index (κ3) is 4.58. The van der Waals surface area contributed by atoms with Crippen LogP contribution in [-0.2, 0) is 17.8 Å². The van der Waals surface area contributed by atoms with Gasteiger partial charge in [-0.3, -0.25) is 9.69 Å². The summed E-state index contributed by atoms with van der Waals surface area (Å²) >= 11 is 0. The average Bonchev–Trinajstić information content (AvgIpc) is 3.10. The lowest BCUT2D eigenvalue weighted by Gasteiger charge is -2.30. The van der Waals surface area contributed by atoms with Gasteiger partial charge in [0.25, 0.3) is 0 Å². The van der Waals surface area contributed by atoms with Gasteiger partial charge in [0.15, 0.2) is 5.41 Å². The second-order valence-corrected chi connectivity index (χ2v) is 7.23. The maximum absolute atomic E-state index is 13.8. The van der Waals surface area contributed by atoms with E-state index >= 15 is 0 Å². The van der Waals surface area contributed by atoms with Gasteiger partial charge in [0.1, 0.15) is 11.6 Å². The molecule has 29 heavy (non-hydrogen) atoms. The largest absolute Gasteiger partial charge is 0.404 e. The molecule has 1 aliphatic heterocycles. The molecule has 3 nitrogen and oxygen atoms in total. The number of likely N-dealkylation sites (tertiary alicyclic amines) is 1. The van der Waals surface area contributed by atoms with E-state index in [1.807, 2.05) is 18.2 Å². The van der Waals surface area contributed by atoms with Gasteiger partial charge < -0.3 is 5.32 Å². The summed E-state index contributed by atoms with van der Waals surface area (Å²) in [6.45, 7) is -0.297. The molecule has 0 radical (unpaired) electrons. The number of nitrogens with zero attached hydrogens (tertiary/aromatic N) is 1. The Balaban J connectivity index is 1.66. The van der Waals surface area contributed by atoms with E-state index in [2.05, 4.69) is 5.32 Å². The van der Waals surface area contributed by atoms with Crippen molar-refractivity contribution in [2.45, 2.75) is 25.6 Å². The summed E-state index contributed by atoms with van der Waals surface area (Å²) in [5.74, 6) is -2.74. The molecular weight excluding hydrogens is 391 g/mol. The number of alkyl halides is 3. The van der Waals surface area contributed by atoms with Gasteiger partial charge in [0.2, 0.25) is 5.91 Å². The molecule has 1 N–H and O–H groups in total. The van der Waals surface area contributed by atoms with Crippen LogP contribution in [-0.4, -0.2) is 36.6 Å². The Hall–Kier alpha value is -2.48. The van der Waals surface area contributed by atoms with Gasteiger partial charge in [-0.2, -0.15) is 13.2 Å². The molecule has 1 atom stereocenters. The van der Waals surface area contributed by atoms with Crippen LogP contribution in [0.25, 0.3) is 0 Å². The number of nitrogens with one attached hydrogen (secondary N) is 1. The van der Waals surface area contributed by atoms with Gasteiger partial charge in [-0.1, -0.05) is 36.4 Å². The van der Waals surface area contributed by atoms with Gasteiger partial charge in [-0.15, -0.1) is 0 Å². The van der Waals surface area contributed by atoms with Crippen molar-refractivity contribution in [3.8, 4) is 0 Å². The Bertz CT molecular complexity index is 836. The molecule has 156 valence electrons. The van der Waals surface area contributed by atoms with Crippen molar-refractivity contribution >= 4 is 5.91 Å². The fourth-order valence-electron chi connectivity index (χ4n) is 3.65. The first kappa shape index (κ1) is 21.2. The molecule has 0 bridgehead atoms. The molecule has 1 aliphatic rings. The third-order valence-corrected chi connectivity index (χ3v) is 5.30.